The van der Waals surface area contributed by atoms with Crippen LogP contribution in [0.15, 0.2) is 36.5 Å². The van der Waals surface area contributed by atoms with Gasteiger partial charge in [-0.1, -0.05) is 0 Å². The molecule has 24 heavy (non-hydrogen) atoms. The van der Waals surface area contributed by atoms with E-state index in [-0.39, 0.29) is 11.6 Å². The number of anilines is 1. The van der Waals surface area contributed by atoms with E-state index in [0.29, 0.717) is 24.6 Å². The number of benzene rings is 1. The number of carboxylic acids is 1. The van der Waals surface area contributed by atoms with Gasteiger partial charge in [0.15, 0.2) is 11.6 Å². The molecule has 0 radical (unpaired) electrons. The number of carbonyl (C=O) groups is 2. The van der Waals surface area contributed by atoms with Gasteiger partial charge >= 0.3 is 5.97 Å². The summed E-state index contributed by atoms with van der Waals surface area (Å²) in [7, 11) is 0. The normalized spacial score (nSPS) is 14.8. The second-order valence-electron chi connectivity index (χ2n) is 5.40. The first-order chi connectivity index (χ1) is 11.4. The van der Waals surface area contributed by atoms with E-state index in [0.717, 1.165) is 12.1 Å². The number of amides is 1. The van der Waals surface area contributed by atoms with Crippen LogP contribution in [0.1, 0.15) is 12.8 Å². The van der Waals surface area contributed by atoms with Crippen LogP contribution in [-0.2, 0) is 9.59 Å². The van der Waals surface area contributed by atoms with Crippen LogP contribution in [0.3, 0.4) is 0 Å². The SMILES string of the molecule is O=C(O)C1(C(=O)Nc2ccc(Oc3ccc(F)cc3F)nc2)CC1. The van der Waals surface area contributed by atoms with Gasteiger partial charge in [-0.25, -0.2) is 13.8 Å². The number of hydrogen-bond acceptors (Lipinski definition) is 4. The molecule has 6 nitrogen and oxygen atoms in total. The van der Waals surface area contributed by atoms with E-state index in [9.17, 15) is 18.4 Å². The number of pyridine rings is 1. The Kier molecular flexibility index (Phi) is 3.88. The van der Waals surface area contributed by atoms with E-state index < -0.39 is 28.9 Å². The molecular weight excluding hydrogens is 322 g/mol. The summed E-state index contributed by atoms with van der Waals surface area (Å²) in [5, 5.41) is 11.5. The van der Waals surface area contributed by atoms with Crippen LogP contribution in [0.2, 0.25) is 0 Å². The summed E-state index contributed by atoms with van der Waals surface area (Å²) in [5.74, 6) is -3.50. The Hall–Kier alpha value is -3.03. The van der Waals surface area contributed by atoms with Crippen LogP contribution in [-0.4, -0.2) is 22.0 Å². The number of aliphatic carboxylic acids is 1. The minimum atomic E-state index is -1.35. The van der Waals surface area contributed by atoms with Crippen molar-refractivity contribution in [2.75, 3.05) is 5.32 Å². The lowest BCUT2D eigenvalue weighted by atomic mass is 10.1. The van der Waals surface area contributed by atoms with Gasteiger partial charge in [-0.05, 0) is 31.0 Å². The number of nitrogens with one attached hydrogen (secondary N) is 1. The fourth-order valence-electron chi connectivity index (χ4n) is 2.10. The molecule has 124 valence electrons. The molecule has 1 aromatic heterocycles. The maximum absolute atomic E-state index is 13.5. The summed E-state index contributed by atoms with van der Waals surface area (Å²) in [6.07, 6.45) is 1.85. The van der Waals surface area contributed by atoms with Gasteiger partial charge in [-0.15, -0.1) is 0 Å². The lowest BCUT2D eigenvalue weighted by molar-refractivity contribution is -0.147. The first-order valence-corrected chi connectivity index (χ1v) is 7.04. The Bertz CT molecular complexity index is 804. The fourth-order valence-corrected chi connectivity index (χ4v) is 2.10. The van der Waals surface area contributed by atoms with Gasteiger partial charge in [-0.2, -0.15) is 0 Å². The zero-order valence-corrected chi connectivity index (χ0v) is 12.3. The summed E-state index contributed by atoms with van der Waals surface area (Å²) in [5.41, 5.74) is -1.06. The van der Waals surface area contributed by atoms with Crippen molar-refractivity contribution in [3.8, 4) is 11.6 Å². The Morgan fingerprint density at radius 2 is 1.96 bits per heavy atom. The molecule has 0 saturated heterocycles. The highest BCUT2D eigenvalue weighted by molar-refractivity contribution is 6.10. The number of carboxylic acid groups (broad SMARTS) is 1. The van der Waals surface area contributed by atoms with Crippen molar-refractivity contribution < 1.29 is 28.2 Å². The molecule has 1 heterocycles. The highest BCUT2D eigenvalue weighted by atomic mass is 19.1. The number of carbonyl (C=O) groups excluding carboxylic acids is 1. The zero-order valence-electron chi connectivity index (χ0n) is 12.3. The van der Waals surface area contributed by atoms with Crippen LogP contribution in [0.5, 0.6) is 11.6 Å². The maximum atomic E-state index is 13.5. The Balaban J connectivity index is 1.67. The number of hydrogen-bond donors (Lipinski definition) is 2. The van der Waals surface area contributed by atoms with Crippen LogP contribution in [0.4, 0.5) is 14.5 Å². The molecule has 8 heteroatoms. The largest absolute Gasteiger partial charge is 0.480 e. The molecule has 0 spiro atoms. The maximum Gasteiger partial charge on any atom is 0.319 e. The highest BCUT2D eigenvalue weighted by Crippen LogP contribution is 2.46. The Morgan fingerprint density at radius 1 is 1.21 bits per heavy atom. The van der Waals surface area contributed by atoms with Gasteiger partial charge in [0, 0.05) is 12.1 Å². The molecule has 3 rings (SSSR count). The Labute approximate surface area is 135 Å². The predicted molar refractivity (Wildman–Crippen MR) is 78.6 cm³/mol. The quantitative estimate of drug-likeness (QED) is 0.821. The molecule has 1 aliphatic rings. The van der Waals surface area contributed by atoms with Crippen molar-refractivity contribution in [3.05, 3.63) is 48.2 Å². The summed E-state index contributed by atoms with van der Waals surface area (Å²) in [4.78, 5) is 26.9. The van der Waals surface area contributed by atoms with Crippen molar-refractivity contribution >= 4 is 17.6 Å². The van der Waals surface area contributed by atoms with Crippen molar-refractivity contribution in [1.29, 1.82) is 0 Å². The van der Waals surface area contributed by atoms with Gasteiger partial charge in [0.2, 0.25) is 11.8 Å². The van der Waals surface area contributed by atoms with E-state index in [1.807, 2.05) is 0 Å². The van der Waals surface area contributed by atoms with Crippen LogP contribution in [0, 0.1) is 17.0 Å². The van der Waals surface area contributed by atoms with E-state index in [1.165, 1.54) is 18.3 Å². The average Bonchev–Trinajstić information content (AvgIpc) is 3.34. The monoisotopic (exact) mass is 334 g/mol. The number of aromatic nitrogens is 1. The molecule has 0 atom stereocenters. The predicted octanol–water partition coefficient (Wildman–Crippen LogP) is 2.96. The smallest absolute Gasteiger partial charge is 0.319 e. The minimum Gasteiger partial charge on any atom is -0.480 e. The minimum absolute atomic E-state index is 0.0397. The molecular formula is C16H12F2N2O4. The second-order valence-corrected chi connectivity index (χ2v) is 5.40. The number of rotatable bonds is 5. The van der Waals surface area contributed by atoms with Gasteiger partial charge in [0.05, 0.1) is 11.9 Å². The molecule has 2 N–H and O–H groups in total. The van der Waals surface area contributed by atoms with Crippen molar-refractivity contribution in [3.63, 3.8) is 0 Å². The lowest BCUT2D eigenvalue weighted by Gasteiger charge is -2.11. The molecule has 1 aromatic carbocycles. The second kappa shape index (κ2) is 5.88. The molecule has 0 bridgehead atoms. The first-order valence-electron chi connectivity index (χ1n) is 7.04. The molecule has 1 fully saturated rings. The third kappa shape index (κ3) is 3.03. The van der Waals surface area contributed by atoms with Crippen LogP contribution < -0.4 is 10.1 Å². The summed E-state index contributed by atoms with van der Waals surface area (Å²) < 4.78 is 31.5. The van der Waals surface area contributed by atoms with E-state index >= 15 is 0 Å². The van der Waals surface area contributed by atoms with Gasteiger partial charge < -0.3 is 15.2 Å². The van der Waals surface area contributed by atoms with Crippen molar-refractivity contribution in [2.45, 2.75) is 12.8 Å². The number of halogens is 2. The average molecular weight is 334 g/mol. The summed E-state index contributed by atoms with van der Waals surface area (Å²) in [6, 6.07) is 5.68. The molecule has 1 amide bonds. The van der Waals surface area contributed by atoms with E-state index in [4.69, 9.17) is 9.84 Å². The molecule has 0 aliphatic heterocycles. The lowest BCUT2D eigenvalue weighted by Crippen LogP contribution is -2.31. The van der Waals surface area contributed by atoms with E-state index in [2.05, 4.69) is 10.3 Å². The zero-order chi connectivity index (χ0) is 17.3. The van der Waals surface area contributed by atoms with Crippen molar-refractivity contribution in [2.24, 2.45) is 5.41 Å². The fraction of sp³-hybridized carbons (Fsp3) is 0.188. The first kappa shape index (κ1) is 15.9. The standard InChI is InChI=1S/C16H12F2N2O4/c17-9-1-3-12(11(18)7-9)24-13-4-2-10(8-19-13)20-14(21)16(5-6-16)15(22)23/h1-4,7-8H,5-6H2,(H,20,21)(H,22,23). The van der Waals surface area contributed by atoms with Gasteiger partial charge in [-0.3, -0.25) is 9.59 Å². The van der Waals surface area contributed by atoms with Crippen molar-refractivity contribution in [1.82, 2.24) is 4.98 Å². The van der Waals surface area contributed by atoms with E-state index in [1.54, 1.807) is 0 Å². The topological polar surface area (TPSA) is 88.5 Å². The highest BCUT2D eigenvalue weighted by Gasteiger charge is 2.57. The summed E-state index contributed by atoms with van der Waals surface area (Å²) in [6.45, 7) is 0. The molecule has 2 aromatic rings. The van der Waals surface area contributed by atoms with Crippen LogP contribution in [0.25, 0.3) is 0 Å². The molecule has 0 unspecified atom stereocenters. The number of nitrogens with zero attached hydrogens (tertiary/aromatic N) is 1. The Morgan fingerprint density at radius 3 is 2.50 bits per heavy atom. The summed E-state index contributed by atoms with van der Waals surface area (Å²) >= 11 is 0. The molecule has 1 aliphatic carbocycles. The third-order valence-electron chi connectivity index (χ3n) is 3.70. The molecule has 1 saturated carbocycles. The van der Waals surface area contributed by atoms with Gasteiger partial charge in [0.1, 0.15) is 11.2 Å². The van der Waals surface area contributed by atoms with Crippen LogP contribution >= 0.6 is 0 Å². The number of ether oxygens (including phenoxy) is 1. The van der Waals surface area contributed by atoms with Gasteiger partial charge in [0.25, 0.3) is 0 Å². The third-order valence-corrected chi connectivity index (χ3v) is 3.70.